The summed E-state index contributed by atoms with van der Waals surface area (Å²) in [6.07, 6.45) is 0. The van der Waals surface area contributed by atoms with Gasteiger partial charge in [0.25, 0.3) is 0 Å². The van der Waals surface area contributed by atoms with Crippen molar-refractivity contribution in [3.63, 3.8) is 0 Å². The Bertz CT molecular complexity index is 630. The van der Waals surface area contributed by atoms with Gasteiger partial charge >= 0.3 is 0 Å². The van der Waals surface area contributed by atoms with Crippen molar-refractivity contribution >= 4 is 11.3 Å². The highest BCUT2D eigenvalue weighted by molar-refractivity contribution is 7.17. The third kappa shape index (κ3) is 2.41. The zero-order valence-electron chi connectivity index (χ0n) is 9.82. The molecule has 94 valence electrons. The molecular formula is C14H10N2O2S. The lowest BCUT2D eigenvalue weighted by atomic mass is 10.2. The molecule has 1 heterocycles. The van der Waals surface area contributed by atoms with E-state index in [0.717, 1.165) is 21.1 Å². The van der Waals surface area contributed by atoms with Crippen LogP contribution >= 0.6 is 11.3 Å². The van der Waals surface area contributed by atoms with Gasteiger partial charge in [-0.15, -0.1) is 10.2 Å². The number of phenols is 2. The lowest BCUT2D eigenvalue weighted by Gasteiger charge is -1.96. The van der Waals surface area contributed by atoms with Crippen molar-refractivity contribution in [1.82, 2.24) is 10.2 Å². The van der Waals surface area contributed by atoms with Crippen molar-refractivity contribution in [3.8, 4) is 32.6 Å². The van der Waals surface area contributed by atoms with E-state index in [0.29, 0.717) is 0 Å². The van der Waals surface area contributed by atoms with Crippen LogP contribution in [-0.2, 0) is 0 Å². The molecule has 19 heavy (non-hydrogen) atoms. The molecule has 3 rings (SSSR count). The maximum Gasteiger partial charge on any atom is 0.148 e. The van der Waals surface area contributed by atoms with Gasteiger partial charge in [0.1, 0.15) is 21.5 Å². The third-order valence-corrected chi connectivity index (χ3v) is 3.67. The molecule has 0 aliphatic rings. The molecule has 0 amide bonds. The van der Waals surface area contributed by atoms with Gasteiger partial charge in [0.2, 0.25) is 0 Å². The molecule has 0 unspecified atom stereocenters. The molecule has 5 heteroatoms. The molecular weight excluding hydrogens is 260 g/mol. The monoisotopic (exact) mass is 270 g/mol. The van der Waals surface area contributed by atoms with Crippen LogP contribution in [0, 0.1) is 0 Å². The Balaban J connectivity index is 1.95. The van der Waals surface area contributed by atoms with Crippen molar-refractivity contribution < 1.29 is 10.2 Å². The number of phenolic OH excluding ortho intramolecular Hbond substituents is 2. The van der Waals surface area contributed by atoms with Gasteiger partial charge in [-0.25, -0.2) is 0 Å². The Labute approximate surface area is 113 Å². The summed E-state index contributed by atoms with van der Waals surface area (Å²) in [5, 5.41) is 28.4. The minimum absolute atomic E-state index is 0.229. The second-order valence-electron chi connectivity index (χ2n) is 4.01. The van der Waals surface area contributed by atoms with Gasteiger partial charge < -0.3 is 10.2 Å². The van der Waals surface area contributed by atoms with Gasteiger partial charge in [-0.05, 0) is 48.5 Å². The fourth-order valence-electron chi connectivity index (χ4n) is 1.66. The number of nitrogens with zero attached hydrogens (tertiary/aromatic N) is 2. The first kappa shape index (κ1) is 11.7. The standard InChI is InChI=1S/C14H10N2O2S/c17-11-5-1-9(2-6-11)13-15-16-14(19-13)10-3-7-12(18)8-4-10/h1-8,17-18H. The van der Waals surface area contributed by atoms with Crippen LogP contribution in [-0.4, -0.2) is 20.4 Å². The fraction of sp³-hybridized carbons (Fsp3) is 0. The summed E-state index contributed by atoms with van der Waals surface area (Å²) in [5.74, 6) is 0.457. The van der Waals surface area contributed by atoms with Crippen molar-refractivity contribution in [1.29, 1.82) is 0 Å². The second-order valence-corrected chi connectivity index (χ2v) is 4.98. The Morgan fingerprint density at radius 3 is 1.37 bits per heavy atom. The topological polar surface area (TPSA) is 66.2 Å². The molecule has 0 spiro atoms. The number of hydrogen-bond donors (Lipinski definition) is 2. The lowest BCUT2D eigenvalue weighted by molar-refractivity contribution is 0.475. The normalized spacial score (nSPS) is 10.5. The molecule has 2 N–H and O–H groups in total. The molecule has 1 aromatic heterocycles. The van der Waals surface area contributed by atoms with E-state index in [1.165, 1.54) is 11.3 Å². The van der Waals surface area contributed by atoms with Crippen LogP contribution in [0.2, 0.25) is 0 Å². The van der Waals surface area contributed by atoms with Crippen LogP contribution in [0.3, 0.4) is 0 Å². The summed E-state index contributed by atoms with van der Waals surface area (Å²) in [5.41, 5.74) is 1.83. The first-order valence-corrected chi connectivity index (χ1v) is 6.46. The summed E-state index contributed by atoms with van der Waals surface area (Å²) in [4.78, 5) is 0. The van der Waals surface area contributed by atoms with E-state index in [4.69, 9.17) is 0 Å². The van der Waals surface area contributed by atoms with E-state index in [2.05, 4.69) is 10.2 Å². The van der Waals surface area contributed by atoms with Crippen molar-refractivity contribution in [2.75, 3.05) is 0 Å². The van der Waals surface area contributed by atoms with Crippen molar-refractivity contribution in [2.45, 2.75) is 0 Å². The zero-order chi connectivity index (χ0) is 13.2. The zero-order valence-corrected chi connectivity index (χ0v) is 10.6. The molecule has 0 atom stereocenters. The predicted molar refractivity (Wildman–Crippen MR) is 74.1 cm³/mol. The molecule has 4 nitrogen and oxygen atoms in total. The summed E-state index contributed by atoms with van der Waals surface area (Å²) in [6.45, 7) is 0. The Morgan fingerprint density at radius 1 is 0.632 bits per heavy atom. The predicted octanol–water partition coefficient (Wildman–Crippen LogP) is 3.28. The average molecular weight is 270 g/mol. The van der Waals surface area contributed by atoms with Crippen LogP contribution in [0.4, 0.5) is 0 Å². The van der Waals surface area contributed by atoms with Crippen LogP contribution < -0.4 is 0 Å². The Hall–Kier alpha value is -2.40. The summed E-state index contributed by atoms with van der Waals surface area (Å²) < 4.78 is 0. The molecule has 0 fully saturated rings. The molecule has 0 aliphatic carbocycles. The maximum absolute atomic E-state index is 9.26. The molecule has 0 bridgehead atoms. The lowest BCUT2D eigenvalue weighted by Crippen LogP contribution is -1.76. The smallest absolute Gasteiger partial charge is 0.148 e. The molecule has 0 radical (unpaired) electrons. The van der Waals surface area contributed by atoms with Crippen molar-refractivity contribution in [3.05, 3.63) is 48.5 Å². The van der Waals surface area contributed by atoms with Crippen LogP contribution in [0.15, 0.2) is 48.5 Å². The highest BCUT2D eigenvalue weighted by Gasteiger charge is 2.08. The first-order chi connectivity index (χ1) is 9.22. The number of aromatic nitrogens is 2. The molecule has 0 saturated heterocycles. The SMILES string of the molecule is Oc1ccc(-c2nnc(-c3ccc(O)cc3)s2)cc1. The van der Waals surface area contributed by atoms with Crippen LogP contribution in [0.25, 0.3) is 21.1 Å². The van der Waals surface area contributed by atoms with E-state index in [9.17, 15) is 10.2 Å². The number of hydrogen-bond acceptors (Lipinski definition) is 5. The van der Waals surface area contributed by atoms with Gasteiger partial charge in [-0.1, -0.05) is 11.3 Å². The largest absolute Gasteiger partial charge is 0.508 e. The van der Waals surface area contributed by atoms with Gasteiger partial charge in [-0.3, -0.25) is 0 Å². The Kier molecular flexibility index (Phi) is 2.89. The minimum atomic E-state index is 0.229. The van der Waals surface area contributed by atoms with Gasteiger partial charge in [0.15, 0.2) is 0 Å². The maximum atomic E-state index is 9.26. The molecule has 0 saturated carbocycles. The summed E-state index contributed by atoms with van der Waals surface area (Å²) >= 11 is 1.47. The van der Waals surface area contributed by atoms with Gasteiger partial charge in [-0.2, -0.15) is 0 Å². The number of aromatic hydroxyl groups is 2. The van der Waals surface area contributed by atoms with E-state index in [1.807, 2.05) is 0 Å². The molecule has 3 aromatic rings. The summed E-state index contributed by atoms with van der Waals surface area (Å²) in [7, 11) is 0. The first-order valence-electron chi connectivity index (χ1n) is 5.65. The number of benzene rings is 2. The van der Waals surface area contributed by atoms with E-state index in [-0.39, 0.29) is 11.5 Å². The van der Waals surface area contributed by atoms with E-state index >= 15 is 0 Å². The quantitative estimate of drug-likeness (QED) is 0.750. The third-order valence-electron chi connectivity index (χ3n) is 2.65. The fourth-order valence-corrected chi connectivity index (χ4v) is 2.52. The highest BCUT2D eigenvalue weighted by atomic mass is 32.1. The Morgan fingerprint density at radius 2 is 1.00 bits per heavy atom. The molecule has 2 aromatic carbocycles. The van der Waals surface area contributed by atoms with Crippen LogP contribution in [0.1, 0.15) is 0 Å². The van der Waals surface area contributed by atoms with E-state index in [1.54, 1.807) is 48.5 Å². The van der Waals surface area contributed by atoms with Gasteiger partial charge in [0.05, 0.1) is 0 Å². The van der Waals surface area contributed by atoms with Gasteiger partial charge in [0, 0.05) is 11.1 Å². The average Bonchev–Trinajstić information content (AvgIpc) is 2.90. The minimum Gasteiger partial charge on any atom is -0.508 e. The number of rotatable bonds is 2. The highest BCUT2D eigenvalue weighted by Crippen LogP contribution is 2.31. The molecule has 0 aliphatic heterocycles. The van der Waals surface area contributed by atoms with Crippen molar-refractivity contribution in [2.24, 2.45) is 0 Å². The van der Waals surface area contributed by atoms with E-state index < -0.39 is 0 Å². The van der Waals surface area contributed by atoms with Crippen LogP contribution in [0.5, 0.6) is 11.5 Å². The summed E-state index contributed by atoms with van der Waals surface area (Å²) in [6, 6.07) is 13.7. The second kappa shape index (κ2) is 4.70.